The van der Waals surface area contributed by atoms with E-state index in [1.54, 1.807) is 7.05 Å². The normalized spacial score (nSPS) is 27.7. The van der Waals surface area contributed by atoms with Crippen molar-refractivity contribution in [3.8, 4) is 0 Å². The summed E-state index contributed by atoms with van der Waals surface area (Å²) < 4.78 is 5.86. The number of hydrogen-bond donors (Lipinski definition) is 2. The van der Waals surface area contributed by atoms with Gasteiger partial charge in [0.15, 0.2) is 0 Å². The molecule has 0 aromatic heterocycles. The molecule has 0 aliphatic carbocycles. The molecule has 1 amide bonds. The van der Waals surface area contributed by atoms with Crippen molar-refractivity contribution in [2.75, 3.05) is 26.7 Å². The SMILES string of the molecule is CNC(C)(CCN1CC(C)OC(C)(C)C1)C(N)=O. The molecule has 0 radical (unpaired) electrons. The molecule has 1 aliphatic heterocycles. The van der Waals surface area contributed by atoms with Gasteiger partial charge in [0.05, 0.1) is 17.2 Å². The number of amides is 1. The van der Waals surface area contributed by atoms with Gasteiger partial charge in [-0.15, -0.1) is 0 Å². The highest BCUT2D eigenvalue weighted by atomic mass is 16.5. The van der Waals surface area contributed by atoms with Crippen LogP contribution < -0.4 is 11.1 Å². The van der Waals surface area contributed by atoms with E-state index in [1.807, 2.05) is 6.92 Å². The number of likely N-dealkylation sites (N-methyl/N-ethyl adjacent to an activating group) is 1. The number of nitrogens with zero attached hydrogens (tertiary/aromatic N) is 1. The second-order valence-electron chi connectivity index (χ2n) is 6.12. The lowest BCUT2D eigenvalue weighted by atomic mass is 9.96. The number of carbonyl (C=O) groups is 1. The van der Waals surface area contributed by atoms with Crippen molar-refractivity contribution in [3.63, 3.8) is 0 Å². The Balaban J connectivity index is 2.55. The molecule has 1 rings (SSSR count). The molecule has 2 atom stereocenters. The molecule has 5 nitrogen and oxygen atoms in total. The molecule has 106 valence electrons. The lowest BCUT2D eigenvalue weighted by Crippen LogP contribution is -2.56. The van der Waals surface area contributed by atoms with Crippen LogP contribution >= 0.6 is 0 Å². The summed E-state index contributed by atoms with van der Waals surface area (Å²) in [7, 11) is 1.77. The molecular weight excluding hydrogens is 230 g/mol. The van der Waals surface area contributed by atoms with Gasteiger partial charge in [-0.3, -0.25) is 9.69 Å². The summed E-state index contributed by atoms with van der Waals surface area (Å²) in [6.45, 7) is 10.8. The van der Waals surface area contributed by atoms with Crippen LogP contribution in [-0.2, 0) is 9.53 Å². The molecule has 0 saturated carbocycles. The molecule has 0 spiro atoms. The maximum atomic E-state index is 11.4. The Morgan fingerprint density at radius 3 is 2.67 bits per heavy atom. The molecule has 18 heavy (non-hydrogen) atoms. The van der Waals surface area contributed by atoms with Crippen LogP contribution in [0.1, 0.15) is 34.1 Å². The van der Waals surface area contributed by atoms with Crippen LogP contribution in [0.15, 0.2) is 0 Å². The highest BCUT2D eigenvalue weighted by molar-refractivity contribution is 5.84. The van der Waals surface area contributed by atoms with E-state index in [0.717, 1.165) is 19.6 Å². The quantitative estimate of drug-likeness (QED) is 0.745. The van der Waals surface area contributed by atoms with Gasteiger partial charge in [-0.25, -0.2) is 0 Å². The van der Waals surface area contributed by atoms with Crippen LogP contribution in [0.3, 0.4) is 0 Å². The summed E-state index contributed by atoms with van der Waals surface area (Å²) in [5, 5.41) is 3.02. The molecule has 1 fully saturated rings. The van der Waals surface area contributed by atoms with Crippen molar-refractivity contribution in [2.45, 2.75) is 51.4 Å². The molecule has 1 heterocycles. The topological polar surface area (TPSA) is 67.6 Å². The molecule has 0 aromatic carbocycles. The molecule has 1 saturated heterocycles. The number of morpholine rings is 1. The molecule has 5 heteroatoms. The lowest BCUT2D eigenvalue weighted by molar-refractivity contribution is -0.131. The van der Waals surface area contributed by atoms with Crippen molar-refractivity contribution in [3.05, 3.63) is 0 Å². The van der Waals surface area contributed by atoms with Crippen molar-refractivity contribution >= 4 is 5.91 Å². The van der Waals surface area contributed by atoms with Crippen LogP contribution in [0, 0.1) is 0 Å². The van der Waals surface area contributed by atoms with Crippen molar-refractivity contribution in [2.24, 2.45) is 5.73 Å². The van der Waals surface area contributed by atoms with Crippen molar-refractivity contribution in [1.29, 1.82) is 0 Å². The summed E-state index contributed by atoms with van der Waals surface area (Å²) in [4.78, 5) is 13.8. The summed E-state index contributed by atoms with van der Waals surface area (Å²) in [6.07, 6.45) is 0.935. The van der Waals surface area contributed by atoms with Crippen LogP contribution in [0.25, 0.3) is 0 Å². The van der Waals surface area contributed by atoms with E-state index in [9.17, 15) is 4.79 Å². The number of hydrogen-bond acceptors (Lipinski definition) is 4. The molecule has 0 bridgehead atoms. The minimum atomic E-state index is -0.633. The van der Waals surface area contributed by atoms with Crippen LogP contribution in [0.5, 0.6) is 0 Å². The summed E-state index contributed by atoms with van der Waals surface area (Å²) in [5.74, 6) is -0.300. The monoisotopic (exact) mass is 257 g/mol. The Hall–Kier alpha value is -0.650. The Kier molecular flexibility index (Phi) is 4.75. The zero-order valence-electron chi connectivity index (χ0n) is 12.2. The minimum Gasteiger partial charge on any atom is -0.370 e. The maximum Gasteiger partial charge on any atom is 0.237 e. The number of rotatable bonds is 5. The summed E-state index contributed by atoms with van der Waals surface area (Å²) in [5.41, 5.74) is 4.68. The Labute approximate surface area is 110 Å². The summed E-state index contributed by atoms with van der Waals surface area (Å²) in [6, 6.07) is 0. The van der Waals surface area contributed by atoms with E-state index in [2.05, 4.69) is 31.0 Å². The average Bonchev–Trinajstić information content (AvgIpc) is 2.22. The first-order chi connectivity index (χ1) is 8.18. The predicted molar refractivity (Wildman–Crippen MR) is 72.3 cm³/mol. The number of nitrogens with two attached hydrogens (primary N) is 1. The van der Waals surface area contributed by atoms with Gasteiger partial charge >= 0.3 is 0 Å². The molecule has 0 aromatic rings. The van der Waals surface area contributed by atoms with Crippen molar-refractivity contribution < 1.29 is 9.53 Å². The third-order valence-corrected chi connectivity index (χ3v) is 3.66. The fourth-order valence-corrected chi connectivity index (χ4v) is 2.51. The van der Waals surface area contributed by atoms with Gasteiger partial charge < -0.3 is 15.8 Å². The second-order valence-corrected chi connectivity index (χ2v) is 6.12. The first-order valence-electron chi connectivity index (χ1n) is 6.57. The zero-order chi connectivity index (χ0) is 14.0. The van der Waals surface area contributed by atoms with Crippen LogP contribution in [0.2, 0.25) is 0 Å². The number of ether oxygens (including phenoxy) is 1. The van der Waals surface area contributed by atoms with Crippen molar-refractivity contribution in [1.82, 2.24) is 10.2 Å². The van der Waals surface area contributed by atoms with Gasteiger partial charge in [0.2, 0.25) is 5.91 Å². The fourth-order valence-electron chi connectivity index (χ4n) is 2.51. The van der Waals surface area contributed by atoms with E-state index >= 15 is 0 Å². The zero-order valence-corrected chi connectivity index (χ0v) is 12.2. The van der Waals surface area contributed by atoms with E-state index in [4.69, 9.17) is 10.5 Å². The Bertz CT molecular complexity index is 307. The Morgan fingerprint density at radius 2 is 2.22 bits per heavy atom. The van der Waals surface area contributed by atoms with E-state index in [-0.39, 0.29) is 17.6 Å². The van der Waals surface area contributed by atoms with Crippen LogP contribution in [0.4, 0.5) is 0 Å². The third-order valence-electron chi connectivity index (χ3n) is 3.66. The van der Waals surface area contributed by atoms with E-state index in [1.165, 1.54) is 0 Å². The maximum absolute atomic E-state index is 11.4. The summed E-state index contributed by atoms with van der Waals surface area (Å²) >= 11 is 0. The highest BCUT2D eigenvalue weighted by Gasteiger charge is 2.34. The molecule has 1 aliphatic rings. The minimum absolute atomic E-state index is 0.125. The number of nitrogens with one attached hydrogen (secondary N) is 1. The second kappa shape index (κ2) is 5.55. The highest BCUT2D eigenvalue weighted by Crippen LogP contribution is 2.21. The number of carbonyl (C=O) groups excluding carboxylic acids is 1. The molecule has 3 N–H and O–H groups in total. The standard InChI is InChI=1S/C13H27N3O2/c1-10-8-16(9-12(2,3)18-10)7-6-13(4,15-5)11(14)17/h10,15H,6-9H2,1-5H3,(H2,14,17). The predicted octanol–water partition coefficient (Wildman–Crippen LogP) is 0.339. The van der Waals surface area contributed by atoms with Gasteiger partial charge in [-0.05, 0) is 41.2 Å². The lowest BCUT2D eigenvalue weighted by Gasteiger charge is -2.42. The largest absolute Gasteiger partial charge is 0.370 e. The first-order valence-corrected chi connectivity index (χ1v) is 6.57. The average molecular weight is 257 g/mol. The van der Waals surface area contributed by atoms with E-state index in [0.29, 0.717) is 6.42 Å². The fraction of sp³-hybridized carbons (Fsp3) is 0.923. The van der Waals surface area contributed by atoms with Gasteiger partial charge in [0, 0.05) is 19.6 Å². The van der Waals surface area contributed by atoms with Crippen LogP contribution in [-0.4, -0.2) is 54.7 Å². The third kappa shape index (κ3) is 3.93. The Morgan fingerprint density at radius 1 is 1.61 bits per heavy atom. The smallest absolute Gasteiger partial charge is 0.237 e. The van der Waals surface area contributed by atoms with Gasteiger partial charge in [-0.1, -0.05) is 0 Å². The number of primary amides is 1. The van der Waals surface area contributed by atoms with E-state index < -0.39 is 5.54 Å². The molecule has 2 unspecified atom stereocenters. The van der Waals surface area contributed by atoms with Gasteiger partial charge in [-0.2, -0.15) is 0 Å². The van der Waals surface area contributed by atoms with Gasteiger partial charge in [0.1, 0.15) is 0 Å². The molecular formula is C13H27N3O2. The van der Waals surface area contributed by atoms with Gasteiger partial charge in [0.25, 0.3) is 0 Å². The first kappa shape index (κ1) is 15.4.